The van der Waals surface area contributed by atoms with Crippen molar-refractivity contribution in [2.75, 3.05) is 0 Å². The fourth-order valence-electron chi connectivity index (χ4n) is 0. The maximum atomic E-state index is 9.26. The van der Waals surface area contributed by atoms with Gasteiger partial charge in [-0.1, -0.05) is 0 Å². The summed E-state index contributed by atoms with van der Waals surface area (Å²) in [5, 5.41) is 0. The quantitative estimate of drug-likeness (QED) is 0.260. The zero-order chi connectivity index (χ0) is 5.15. The second-order valence-corrected chi connectivity index (χ2v) is 3.01. The molecule has 9 heteroatoms. The molecule has 0 aliphatic carbocycles. The molecule has 0 aromatic rings. The fraction of sp³-hybridized carbons (Fsp3) is 0. The Labute approximate surface area is 101 Å². The predicted molar refractivity (Wildman–Crippen MR) is 40.9 cm³/mol. The van der Waals surface area contributed by atoms with Gasteiger partial charge < -0.3 is 6.15 Å². The molecule has 0 rings (SSSR count). The Hall–Kier alpha value is 2.18. The predicted octanol–water partition coefficient (Wildman–Crippen LogP) is -1.79. The van der Waals surface area contributed by atoms with Crippen molar-refractivity contribution >= 4 is 79.3 Å². The van der Waals surface area contributed by atoms with E-state index in [4.69, 9.17) is 9.11 Å². The van der Waals surface area contributed by atoms with Gasteiger partial charge >= 0.3 is 59.1 Å². The second kappa shape index (κ2) is 12.8. The van der Waals surface area contributed by atoms with Gasteiger partial charge in [0, 0.05) is 0 Å². The molecule has 0 aromatic carbocycles. The molecule has 0 fully saturated rings. The molecule has 50 valence electrons. The van der Waals surface area contributed by atoms with E-state index in [0.717, 1.165) is 0 Å². The van der Waals surface area contributed by atoms with Crippen molar-refractivity contribution in [1.82, 2.24) is 6.15 Å². The third kappa shape index (κ3) is 17.8. The first-order valence-electron chi connectivity index (χ1n) is 0.865. The van der Waals surface area contributed by atoms with Crippen LogP contribution in [0.15, 0.2) is 0 Å². The average molecular weight is 195 g/mol. The van der Waals surface area contributed by atoms with Gasteiger partial charge in [0.2, 0.25) is 0 Å². The van der Waals surface area contributed by atoms with Crippen LogP contribution >= 0.6 is 0 Å². The van der Waals surface area contributed by atoms with E-state index in [1.54, 1.807) is 0 Å². The summed E-state index contributed by atoms with van der Waals surface area (Å²) in [6.07, 6.45) is 0. The molecule has 5 nitrogen and oxygen atoms in total. The van der Waals surface area contributed by atoms with Crippen LogP contribution in [0.1, 0.15) is 0 Å². The molecule has 0 heterocycles. The van der Waals surface area contributed by atoms with Gasteiger partial charge in [-0.25, -0.2) is 8.42 Å². The maximum absolute atomic E-state index is 9.26. The van der Waals surface area contributed by atoms with E-state index in [9.17, 15) is 8.42 Å². The Morgan fingerprint density at radius 3 is 1.00 bits per heavy atom. The van der Waals surface area contributed by atoms with Crippen LogP contribution < -0.4 is 6.15 Å². The van der Waals surface area contributed by atoms with Crippen molar-refractivity contribution in [2.24, 2.45) is 0 Å². The topological polar surface area (TPSA) is 110 Å². The van der Waals surface area contributed by atoms with Gasteiger partial charge in [0.1, 0.15) is 0 Å². The third-order valence-electron chi connectivity index (χ3n) is 0.122. The van der Waals surface area contributed by atoms with Gasteiger partial charge in [0.05, 0.1) is 0 Å². The molecule has 2 atom stereocenters. The summed E-state index contributed by atoms with van der Waals surface area (Å²) in [4.78, 5) is 0. The Morgan fingerprint density at radius 2 is 1.00 bits per heavy atom. The Balaban J connectivity index is -0.0000000417. The summed E-state index contributed by atoms with van der Waals surface area (Å²) in [5.41, 5.74) is 0. The zero-order valence-electron chi connectivity index (χ0n) is 3.23. The van der Waals surface area contributed by atoms with Crippen molar-refractivity contribution in [3.8, 4) is 0 Å². The third-order valence-corrected chi connectivity index (χ3v) is 1.10. The minimum absolute atomic E-state index is 0. The van der Waals surface area contributed by atoms with Crippen LogP contribution in [0.25, 0.3) is 0 Å². The summed E-state index contributed by atoms with van der Waals surface area (Å²) in [6, 6.07) is 0. The fourth-order valence-corrected chi connectivity index (χ4v) is 0. The molecule has 9 heavy (non-hydrogen) atoms. The van der Waals surface area contributed by atoms with Gasteiger partial charge in [0.25, 0.3) is 20.2 Å². The van der Waals surface area contributed by atoms with E-state index >= 15 is 0 Å². The summed E-state index contributed by atoms with van der Waals surface area (Å²) in [6.45, 7) is 0. The van der Waals surface area contributed by atoms with Crippen LogP contribution in [0.5, 0.6) is 0 Å². The SMILES string of the molecule is N.O=S(O)S(=O)O.[NaH].[NaH]. The van der Waals surface area contributed by atoms with Crippen LogP contribution in [0.2, 0.25) is 0 Å². The standard InChI is InChI=1S/H3N.2Na.H2O4S2.2H/c;;;1-5(2)6(3)4;;/h1H3;;;(H,1,2)(H,3,4);;. The van der Waals surface area contributed by atoms with Gasteiger partial charge in [0.15, 0.2) is 0 Å². The van der Waals surface area contributed by atoms with Gasteiger partial charge in [-0.05, 0) is 0 Å². The van der Waals surface area contributed by atoms with E-state index in [2.05, 4.69) is 0 Å². The van der Waals surface area contributed by atoms with E-state index in [-0.39, 0.29) is 65.3 Å². The molecule has 0 radical (unpaired) electrons. The van der Waals surface area contributed by atoms with Crippen molar-refractivity contribution < 1.29 is 17.5 Å². The molecular formula is H7NNa2O4S2. The summed E-state index contributed by atoms with van der Waals surface area (Å²) in [5.74, 6) is 0. The van der Waals surface area contributed by atoms with E-state index in [1.807, 2.05) is 0 Å². The Morgan fingerprint density at radius 1 is 0.889 bits per heavy atom. The molecule has 0 saturated carbocycles. The average Bonchev–Trinajstić information content (AvgIpc) is 1.36. The first-order chi connectivity index (χ1) is 2.64. The van der Waals surface area contributed by atoms with Gasteiger partial charge in [-0.2, -0.15) is 0 Å². The molecule has 0 aliphatic rings. The van der Waals surface area contributed by atoms with Crippen molar-refractivity contribution in [3.63, 3.8) is 0 Å². The number of hydrogen-bond acceptors (Lipinski definition) is 3. The van der Waals surface area contributed by atoms with E-state index in [0.29, 0.717) is 0 Å². The van der Waals surface area contributed by atoms with Crippen LogP contribution in [-0.4, -0.2) is 76.6 Å². The molecule has 0 spiro atoms. The molecule has 0 saturated heterocycles. The summed E-state index contributed by atoms with van der Waals surface area (Å²) in [7, 11) is -5.18. The molecule has 0 aromatic heterocycles. The number of rotatable bonds is 1. The molecule has 0 amide bonds. The van der Waals surface area contributed by atoms with Gasteiger partial charge in [-0.3, -0.25) is 9.11 Å². The van der Waals surface area contributed by atoms with Crippen LogP contribution in [0.3, 0.4) is 0 Å². The number of hydrogen-bond donors (Lipinski definition) is 3. The van der Waals surface area contributed by atoms with Crippen LogP contribution in [-0.2, 0) is 20.2 Å². The van der Waals surface area contributed by atoms with Crippen molar-refractivity contribution in [3.05, 3.63) is 0 Å². The second-order valence-electron chi connectivity index (χ2n) is 0.434. The first kappa shape index (κ1) is 22.5. The monoisotopic (exact) mass is 195 g/mol. The zero-order valence-corrected chi connectivity index (χ0v) is 4.87. The van der Waals surface area contributed by atoms with Crippen molar-refractivity contribution in [2.45, 2.75) is 0 Å². The Bertz CT molecular complexity index is 82.6. The summed E-state index contributed by atoms with van der Waals surface area (Å²) < 4.78 is 33.6. The van der Waals surface area contributed by atoms with Crippen LogP contribution in [0.4, 0.5) is 0 Å². The van der Waals surface area contributed by atoms with E-state index < -0.39 is 20.2 Å². The Kier molecular flexibility index (Phi) is 32.0. The normalized spacial score (nSPS) is 13.1. The molecule has 0 aliphatic heterocycles. The first-order valence-corrected chi connectivity index (χ1v) is 3.60. The van der Waals surface area contributed by atoms with Gasteiger partial charge in [-0.15, -0.1) is 0 Å². The van der Waals surface area contributed by atoms with E-state index in [1.165, 1.54) is 0 Å². The van der Waals surface area contributed by atoms with Crippen LogP contribution in [0, 0.1) is 0 Å². The molecule has 0 bridgehead atoms. The van der Waals surface area contributed by atoms with Crippen molar-refractivity contribution in [1.29, 1.82) is 0 Å². The minimum atomic E-state index is -2.59. The summed E-state index contributed by atoms with van der Waals surface area (Å²) >= 11 is 0. The molecule has 5 N–H and O–H groups in total. The molecular weight excluding hydrogens is 188 g/mol. The molecule has 2 unspecified atom stereocenters.